The number of rotatable bonds is 7. The molecule has 11 heteroatoms. The SMILES string of the molecule is C=CCn1c(SCC(=O)N2CCN(C3CCS(=O)(=O)C3)CC2)nnc1-c1ccc(Cl)cc1. The third kappa shape index (κ3) is 5.36. The van der Waals surface area contributed by atoms with Gasteiger partial charge >= 0.3 is 0 Å². The lowest BCUT2D eigenvalue weighted by Gasteiger charge is -2.37. The van der Waals surface area contributed by atoms with Crippen molar-refractivity contribution in [2.45, 2.75) is 24.2 Å². The van der Waals surface area contributed by atoms with E-state index in [0.29, 0.717) is 55.1 Å². The average molecular weight is 496 g/mol. The van der Waals surface area contributed by atoms with E-state index < -0.39 is 9.84 Å². The molecule has 2 saturated heterocycles. The Morgan fingerprint density at radius 2 is 1.91 bits per heavy atom. The van der Waals surface area contributed by atoms with Crippen LogP contribution in [0.4, 0.5) is 0 Å². The smallest absolute Gasteiger partial charge is 0.233 e. The number of piperazine rings is 1. The van der Waals surface area contributed by atoms with Crippen LogP contribution >= 0.6 is 23.4 Å². The molecule has 0 radical (unpaired) electrons. The van der Waals surface area contributed by atoms with E-state index in [2.05, 4.69) is 21.7 Å². The van der Waals surface area contributed by atoms with Gasteiger partial charge in [0, 0.05) is 49.4 Å². The van der Waals surface area contributed by atoms with E-state index in [0.717, 1.165) is 5.56 Å². The molecule has 2 aliphatic rings. The van der Waals surface area contributed by atoms with E-state index in [1.54, 1.807) is 18.2 Å². The Bertz CT molecular complexity index is 1080. The molecule has 0 saturated carbocycles. The lowest BCUT2D eigenvalue weighted by atomic mass is 10.2. The summed E-state index contributed by atoms with van der Waals surface area (Å²) in [5, 5.41) is 9.92. The number of nitrogens with zero attached hydrogens (tertiary/aromatic N) is 5. The van der Waals surface area contributed by atoms with Gasteiger partial charge in [-0.1, -0.05) is 29.4 Å². The van der Waals surface area contributed by atoms with Crippen LogP contribution in [-0.4, -0.2) is 88.4 Å². The number of aromatic nitrogens is 3. The number of benzene rings is 1. The third-order valence-corrected chi connectivity index (χ3v) is 8.80. The van der Waals surface area contributed by atoms with Crippen molar-refractivity contribution in [3.05, 3.63) is 41.9 Å². The molecule has 8 nitrogen and oxygen atoms in total. The van der Waals surface area contributed by atoms with Gasteiger partial charge in [0.15, 0.2) is 20.8 Å². The summed E-state index contributed by atoms with van der Waals surface area (Å²) in [6, 6.07) is 7.48. The van der Waals surface area contributed by atoms with Crippen molar-refractivity contribution in [1.82, 2.24) is 24.6 Å². The molecule has 2 aliphatic heterocycles. The molecule has 1 atom stereocenters. The first kappa shape index (κ1) is 23.3. The van der Waals surface area contributed by atoms with Gasteiger partial charge in [-0.05, 0) is 30.7 Å². The number of thioether (sulfide) groups is 1. The number of hydrogen-bond donors (Lipinski definition) is 0. The quantitative estimate of drug-likeness (QED) is 0.429. The molecule has 32 heavy (non-hydrogen) atoms. The van der Waals surface area contributed by atoms with Crippen LogP contribution in [0.5, 0.6) is 0 Å². The molecule has 1 aromatic carbocycles. The molecule has 4 rings (SSSR count). The number of amides is 1. The Morgan fingerprint density at radius 3 is 2.53 bits per heavy atom. The van der Waals surface area contributed by atoms with Gasteiger partial charge in [-0.15, -0.1) is 16.8 Å². The summed E-state index contributed by atoms with van der Waals surface area (Å²) in [4.78, 5) is 16.8. The van der Waals surface area contributed by atoms with Crippen LogP contribution in [0.2, 0.25) is 5.02 Å². The second-order valence-electron chi connectivity index (χ2n) is 7.97. The minimum absolute atomic E-state index is 0.0508. The van der Waals surface area contributed by atoms with Gasteiger partial charge in [0.2, 0.25) is 5.91 Å². The first-order chi connectivity index (χ1) is 15.4. The lowest BCUT2D eigenvalue weighted by Crippen LogP contribution is -2.52. The molecule has 0 N–H and O–H groups in total. The van der Waals surface area contributed by atoms with Gasteiger partial charge in [0.25, 0.3) is 0 Å². The number of halogens is 1. The predicted molar refractivity (Wildman–Crippen MR) is 127 cm³/mol. The van der Waals surface area contributed by atoms with E-state index in [9.17, 15) is 13.2 Å². The fraction of sp³-hybridized carbons (Fsp3) is 0.476. The van der Waals surface area contributed by atoms with Crippen LogP contribution in [0.1, 0.15) is 6.42 Å². The Hall–Kier alpha value is -1.88. The summed E-state index contributed by atoms with van der Waals surface area (Å²) in [7, 11) is -2.90. The van der Waals surface area contributed by atoms with Crippen LogP contribution in [0, 0.1) is 0 Å². The van der Waals surface area contributed by atoms with Gasteiger partial charge in [-0.3, -0.25) is 14.3 Å². The largest absolute Gasteiger partial charge is 0.339 e. The number of carbonyl (C=O) groups is 1. The Morgan fingerprint density at radius 1 is 1.19 bits per heavy atom. The topological polar surface area (TPSA) is 88.4 Å². The highest BCUT2D eigenvalue weighted by Gasteiger charge is 2.34. The van der Waals surface area contributed by atoms with E-state index in [4.69, 9.17) is 11.6 Å². The fourth-order valence-electron chi connectivity index (χ4n) is 4.12. The van der Waals surface area contributed by atoms with Crippen molar-refractivity contribution in [1.29, 1.82) is 0 Å². The van der Waals surface area contributed by atoms with Crippen molar-refractivity contribution in [3.8, 4) is 11.4 Å². The Kier molecular flexibility index (Phi) is 7.24. The number of allylic oxidation sites excluding steroid dienone is 1. The second kappa shape index (κ2) is 9.94. The molecule has 172 valence electrons. The van der Waals surface area contributed by atoms with Crippen molar-refractivity contribution in [2.24, 2.45) is 0 Å². The van der Waals surface area contributed by atoms with Gasteiger partial charge in [0.1, 0.15) is 0 Å². The molecular weight excluding hydrogens is 470 g/mol. The molecule has 1 unspecified atom stereocenters. The number of sulfone groups is 1. The molecular formula is C21H26ClN5O3S2. The minimum atomic E-state index is -2.90. The van der Waals surface area contributed by atoms with Gasteiger partial charge in [0.05, 0.1) is 17.3 Å². The molecule has 2 aromatic rings. The summed E-state index contributed by atoms with van der Waals surface area (Å²) in [5.74, 6) is 1.54. The molecule has 0 bridgehead atoms. The van der Waals surface area contributed by atoms with E-state index >= 15 is 0 Å². The summed E-state index contributed by atoms with van der Waals surface area (Å²) in [6.45, 7) is 7.01. The monoisotopic (exact) mass is 495 g/mol. The normalized spacial score (nSPS) is 21.0. The summed E-state index contributed by atoms with van der Waals surface area (Å²) >= 11 is 7.35. The summed E-state index contributed by atoms with van der Waals surface area (Å²) in [5.41, 5.74) is 0.895. The Balaban J connectivity index is 1.34. The molecule has 0 aliphatic carbocycles. The van der Waals surface area contributed by atoms with Crippen molar-refractivity contribution in [3.63, 3.8) is 0 Å². The van der Waals surface area contributed by atoms with Crippen LogP contribution in [0.25, 0.3) is 11.4 Å². The zero-order valence-corrected chi connectivity index (χ0v) is 20.1. The number of hydrogen-bond acceptors (Lipinski definition) is 7. The van der Waals surface area contributed by atoms with Gasteiger partial charge in [-0.25, -0.2) is 8.42 Å². The maximum Gasteiger partial charge on any atom is 0.233 e. The van der Waals surface area contributed by atoms with Crippen molar-refractivity contribution >= 4 is 39.1 Å². The lowest BCUT2D eigenvalue weighted by molar-refractivity contribution is -0.130. The first-order valence-electron chi connectivity index (χ1n) is 10.5. The van der Waals surface area contributed by atoms with Crippen LogP contribution < -0.4 is 0 Å². The molecule has 1 aromatic heterocycles. The molecule has 1 amide bonds. The van der Waals surface area contributed by atoms with Gasteiger partial charge < -0.3 is 4.90 Å². The van der Waals surface area contributed by atoms with Crippen LogP contribution in [0.15, 0.2) is 42.1 Å². The summed E-state index contributed by atoms with van der Waals surface area (Å²) < 4.78 is 25.4. The fourth-order valence-corrected chi connectivity index (χ4v) is 6.86. The van der Waals surface area contributed by atoms with E-state index in [-0.39, 0.29) is 29.2 Å². The highest BCUT2D eigenvalue weighted by molar-refractivity contribution is 7.99. The van der Waals surface area contributed by atoms with E-state index in [1.165, 1.54) is 11.8 Å². The van der Waals surface area contributed by atoms with Gasteiger partial charge in [-0.2, -0.15) is 0 Å². The van der Waals surface area contributed by atoms with Crippen LogP contribution in [-0.2, 0) is 21.2 Å². The first-order valence-corrected chi connectivity index (χ1v) is 13.7. The minimum Gasteiger partial charge on any atom is -0.339 e. The van der Waals surface area contributed by atoms with Crippen LogP contribution in [0.3, 0.4) is 0 Å². The highest BCUT2D eigenvalue weighted by atomic mass is 35.5. The molecule has 3 heterocycles. The zero-order valence-electron chi connectivity index (χ0n) is 17.7. The number of carbonyl (C=O) groups excluding carboxylic acids is 1. The summed E-state index contributed by atoms with van der Waals surface area (Å²) in [6.07, 6.45) is 2.47. The molecule has 0 spiro atoms. The third-order valence-electron chi connectivity index (χ3n) is 5.85. The molecule has 2 fully saturated rings. The van der Waals surface area contributed by atoms with E-state index in [1.807, 2.05) is 21.6 Å². The Labute approximate surface area is 197 Å². The second-order valence-corrected chi connectivity index (χ2v) is 11.6. The standard InChI is InChI=1S/C21H26ClN5O3S2/c1-2-8-27-20(16-3-5-17(22)6-4-16)23-24-21(27)31-14-19(28)26-11-9-25(10-12-26)18-7-13-32(29,30)15-18/h2-6,18H,1,7-15H2. The van der Waals surface area contributed by atoms with Crippen molar-refractivity contribution < 1.29 is 13.2 Å². The maximum atomic E-state index is 12.8. The van der Waals surface area contributed by atoms with Crippen molar-refractivity contribution in [2.75, 3.05) is 43.4 Å². The maximum absolute atomic E-state index is 12.8. The highest BCUT2D eigenvalue weighted by Crippen LogP contribution is 2.26. The zero-order chi connectivity index (χ0) is 22.7. The predicted octanol–water partition coefficient (Wildman–Crippen LogP) is 2.21. The average Bonchev–Trinajstić information content (AvgIpc) is 3.35.